The van der Waals surface area contributed by atoms with Gasteiger partial charge in [-0.1, -0.05) is 75.3 Å². The monoisotopic (exact) mass is 462 g/mol. The number of fused-ring (bicyclic) bond motifs is 1. The van der Waals surface area contributed by atoms with Crippen LogP contribution in [0.4, 0.5) is 0 Å². The fourth-order valence-electron chi connectivity index (χ4n) is 4.91. The Morgan fingerprint density at radius 2 is 1.91 bits per heavy atom. The van der Waals surface area contributed by atoms with Gasteiger partial charge < -0.3 is 5.32 Å². The SMILES string of the molecule is C=CCCC(C=C)N1CCc2ccc(CCC(C/C=C(\C)C(C)C)CCCCNC=C)cc2C1. The van der Waals surface area contributed by atoms with Crippen molar-refractivity contribution in [1.29, 1.82) is 0 Å². The summed E-state index contributed by atoms with van der Waals surface area (Å²) in [6.07, 6.45) is 19.3. The van der Waals surface area contributed by atoms with Gasteiger partial charge in [0.2, 0.25) is 0 Å². The predicted molar refractivity (Wildman–Crippen MR) is 151 cm³/mol. The third kappa shape index (κ3) is 9.66. The van der Waals surface area contributed by atoms with Crippen molar-refractivity contribution in [1.82, 2.24) is 10.2 Å². The van der Waals surface area contributed by atoms with Crippen LogP contribution >= 0.6 is 0 Å². The van der Waals surface area contributed by atoms with Crippen LogP contribution in [0.25, 0.3) is 0 Å². The van der Waals surface area contributed by atoms with E-state index in [0.717, 1.165) is 44.8 Å². The number of hydrogen-bond donors (Lipinski definition) is 1. The van der Waals surface area contributed by atoms with Crippen LogP contribution in [-0.2, 0) is 19.4 Å². The van der Waals surface area contributed by atoms with E-state index in [2.05, 4.69) is 81.1 Å². The zero-order valence-corrected chi connectivity index (χ0v) is 22.3. The lowest BCUT2D eigenvalue weighted by Crippen LogP contribution is -2.38. The lowest BCUT2D eigenvalue weighted by Gasteiger charge is -2.34. The molecule has 2 nitrogen and oxygen atoms in total. The van der Waals surface area contributed by atoms with Gasteiger partial charge in [-0.2, -0.15) is 0 Å². The van der Waals surface area contributed by atoms with E-state index in [-0.39, 0.29) is 0 Å². The van der Waals surface area contributed by atoms with Crippen LogP contribution in [0.15, 0.2) is 67.9 Å². The van der Waals surface area contributed by atoms with Gasteiger partial charge in [0.25, 0.3) is 0 Å². The third-order valence-corrected chi connectivity index (χ3v) is 7.57. The maximum absolute atomic E-state index is 4.10. The second-order valence-electron chi connectivity index (χ2n) is 10.4. The Bertz CT molecular complexity index is 788. The maximum Gasteiger partial charge on any atom is 0.0282 e. The lowest BCUT2D eigenvalue weighted by atomic mass is 9.88. The molecule has 0 bridgehead atoms. The highest BCUT2D eigenvalue weighted by Crippen LogP contribution is 2.26. The molecule has 188 valence electrons. The molecule has 2 heteroatoms. The number of nitrogens with one attached hydrogen (secondary N) is 1. The van der Waals surface area contributed by atoms with Gasteiger partial charge in [-0.25, -0.2) is 0 Å². The van der Waals surface area contributed by atoms with Crippen LogP contribution in [0.1, 0.15) is 82.4 Å². The minimum Gasteiger partial charge on any atom is -0.391 e. The Kier molecular flexibility index (Phi) is 13.1. The van der Waals surface area contributed by atoms with Crippen molar-refractivity contribution < 1.29 is 0 Å². The van der Waals surface area contributed by atoms with E-state index < -0.39 is 0 Å². The van der Waals surface area contributed by atoms with E-state index in [1.54, 1.807) is 6.20 Å². The second-order valence-corrected chi connectivity index (χ2v) is 10.4. The first kappa shape index (κ1) is 28.2. The molecule has 2 unspecified atom stereocenters. The lowest BCUT2D eigenvalue weighted by molar-refractivity contribution is 0.203. The first-order chi connectivity index (χ1) is 16.5. The smallest absolute Gasteiger partial charge is 0.0282 e. The fourth-order valence-corrected chi connectivity index (χ4v) is 4.91. The summed E-state index contributed by atoms with van der Waals surface area (Å²) in [4.78, 5) is 2.60. The summed E-state index contributed by atoms with van der Waals surface area (Å²) < 4.78 is 0. The van der Waals surface area contributed by atoms with E-state index in [1.165, 1.54) is 60.8 Å². The normalized spacial score (nSPS) is 16.1. The van der Waals surface area contributed by atoms with Crippen molar-refractivity contribution in [2.45, 2.75) is 91.1 Å². The van der Waals surface area contributed by atoms with Crippen molar-refractivity contribution in [3.8, 4) is 0 Å². The molecule has 1 aliphatic heterocycles. The molecule has 1 aliphatic rings. The van der Waals surface area contributed by atoms with Crippen molar-refractivity contribution >= 4 is 0 Å². The van der Waals surface area contributed by atoms with Gasteiger partial charge >= 0.3 is 0 Å². The molecule has 0 aliphatic carbocycles. The summed E-state index contributed by atoms with van der Waals surface area (Å²) in [6, 6.07) is 7.73. The number of rotatable bonds is 17. The van der Waals surface area contributed by atoms with Crippen molar-refractivity contribution in [2.24, 2.45) is 11.8 Å². The summed E-state index contributed by atoms with van der Waals surface area (Å²) >= 11 is 0. The highest BCUT2D eigenvalue weighted by molar-refractivity contribution is 5.34. The number of benzene rings is 1. The van der Waals surface area contributed by atoms with Gasteiger partial charge in [0, 0.05) is 25.7 Å². The molecule has 0 radical (unpaired) electrons. The molecule has 0 amide bonds. The first-order valence-electron chi connectivity index (χ1n) is 13.6. The van der Waals surface area contributed by atoms with Gasteiger partial charge in [0.05, 0.1) is 0 Å². The number of hydrogen-bond acceptors (Lipinski definition) is 2. The Morgan fingerprint density at radius 3 is 2.62 bits per heavy atom. The number of allylic oxidation sites excluding steroid dienone is 3. The van der Waals surface area contributed by atoms with E-state index in [0.29, 0.717) is 12.0 Å². The van der Waals surface area contributed by atoms with E-state index in [9.17, 15) is 0 Å². The van der Waals surface area contributed by atoms with Crippen LogP contribution in [0.2, 0.25) is 0 Å². The molecule has 1 heterocycles. The predicted octanol–water partition coefficient (Wildman–Crippen LogP) is 8.01. The second kappa shape index (κ2) is 15.8. The molecule has 0 saturated carbocycles. The maximum atomic E-state index is 4.10. The van der Waals surface area contributed by atoms with Crippen LogP contribution in [0, 0.1) is 11.8 Å². The molecule has 0 fully saturated rings. The van der Waals surface area contributed by atoms with Gasteiger partial charge in [0.1, 0.15) is 0 Å². The highest BCUT2D eigenvalue weighted by Gasteiger charge is 2.21. The number of aryl methyl sites for hydroxylation is 1. The summed E-state index contributed by atoms with van der Waals surface area (Å²) in [5.74, 6) is 1.40. The van der Waals surface area contributed by atoms with Crippen LogP contribution in [0.3, 0.4) is 0 Å². The average Bonchev–Trinajstić information content (AvgIpc) is 2.84. The van der Waals surface area contributed by atoms with Gasteiger partial charge in [-0.15, -0.1) is 13.2 Å². The first-order valence-corrected chi connectivity index (χ1v) is 13.6. The molecule has 34 heavy (non-hydrogen) atoms. The Morgan fingerprint density at radius 1 is 1.09 bits per heavy atom. The fraction of sp³-hybridized carbons (Fsp3) is 0.562. The van der Waals surface area contributed by atoms with Gasteiger partial charge in [-0.05, 0) is 86.6 Å². The highest BCUT2D eigenvalue weighted by atomic mass is 15.2. The van der Waals surface area contributed by atoms with E-state index >= 15 is 0 Å². The summed E-state index contributed by atoms with van der Waals surface area (Å²) in [7, 11) is 0. The topological polar surface area (TPSA) is 15.3 Å². The molecular weight excluding hydrogens is 412 g/mol. The average molecular weight is 463 g/mol. The van der Waals surface area contributed by atoms with E-state index in [4.69, 9.17) is 0 Å². The quantitative estimate of drug-likeness (QED) is 0.186. The molecule has 0 spiro atoms. The molecule has 1 aromatic rings. The van der Waals surface area contributed by atoms with E-state index in [1.807, 2.05) is 6.08 Å². The zero-order valence-electron chi connectivity index (χ0n) is 22.3. The Labute approximate surface area is 210 Å². The standard InChI is InChI=1S/C32H50N2/c1-7-10-14-32(8-2)34-23-21-30-20-19-29(24-31(30)25-34)18-17-28(13-11-12-22-33-9-3)16-15-27(6)26(4)5/h7-9,15,19-20,24,26,28,32-33H,1-3,10-14,16-18,21-23,25H2,4-6H3/b27-15+. The summed E-state index contributed by atoms with van der Waals surface area (Å²) in [5, 5.41) is 3.24. The molecule has 0 saturated heterocycles. The molecule has 2 rings (SSSR count). The van der Waals surface area contributed by atoms with Gasteiger partial charge in [0.15, 0.2) is 0 Å². The van der Waals surface area contributed by atoms with Crippen molar-refractivity contribution in [3.63, 3.8) is 0 Å². The summed E-state index contributed by atoms with van der Waals surface area (Å²) in [6.45, 7) is 21.9. The molecule has 2 atom stereocenters. The summed E-state index contributed by atoms with van der Waals surface area (Å²) in [5.41, 5.74) is 6.09. The largest absolute Gasteiger partial charge is 0.391 e. The molecule has 1 aromatic carbocycles. The Balaban J connectivity index is 1.99. The number of nitrogens with zero attached hydrogens (tertiary/aromatic N) is 1. The minimum atomic E-state index is 0.450. The molecule has 1 N–H and O–H groups in total. The minimum absolute atomic E-state index is 0.450. The van der Waals surface area contributed by atoms with Gasteiger partial charge in [-0.3, -0.25) is 4.90 Å². The molecule has 0 aromatic heterocycles. The van der Waals surface area contributed by atoms with Crippen LogP contribution in [0.5, 0.6) is 0 Å². The Hall–Kier alpha value is -2.06. The number of unbranched alkanes of at least 4 members (excludes halogenated alkanes) is 1. The zero-order chi connectivity index (χ0) is 24.8. The third-order valence-electron chi connectivity index (χ3n) is 7.57. The molecular formula is C32H50N2. The van der Waals surface area contributed by atoms with Crippen molar-refractivity contribution in [3.05, 3.63) is 84.6 Å². The van der Waals surface area contributed by atoms with Crippen LogP contribution < -0.4 is 5.32 Å². The van der Waals surface area contributed by atoms with Crippen LogP contribution in [-0.4, -0.2) is 24.0 Å². The van der Waals surface area contributed by atoms with Crippen molar-refractivity contribution in [2.75, 3.05) is 13.1 Å².